The van der Waals surface area contributed by atoms with Crippen molar-refractivity contribution in [2.24, 2.45) is 0 Å². The van der Waals surface area contributed by atoms with Crippen LogP contribution in [-0.4, -0.2) is 50.4 Å². The van der Waals surface area contributed by atoms with Crippen molar-refractivity contribution in [3.63, 3.8) is 0 Å². The standard InChI is InChI=1S/C59H33N7S.C38H21BN4O2S/c1-61-41-27-29-53-48(32-41)44-21-9-11-24-51(44)66(53)54-25-13-22-45-49-34-42(65-50-23-10-8-20-43(50)47-30-36(35-60)26-28-52(47)65)33-46(55(49)67-56(45)54)39-18-12-19-40(31-39)59-63-57(37-14-4-2-5-15-37)62-58(64-59)38-16-6-3-7-17-38;1-41-23-14-16-35-29(18-23)26-8-3-5-11-33(26)43(35)36-12-6-9-27-30-19-24(20-31(39(44)45)37(30)46-38(27)36)42-32-10-4-2-7-25(32)28-17-22(21-40)13-15-34(28)42/h2-34H;2-20,44-45H. The van der Waals surface area contributed by atoms with E-state index in [-0.39, 0.29) is 0 Å². The number of hydrogen-bond acceptors (Lipinski definition) is 9. The minimum Gasteiger partial charge on any atom is -0.423 e. The Balaban J connectivity index is 0.000000153. The summed E-state index contributed by atoms with van der Waals surface area (Å²) in [6, 6.07) is 111. The second-order valence-electron chi connectivity index (χ2n) is 28.0. The van der Waals surface area contributed by atoms with Crippen molar-refractivity contribution in [2.45, 2.75) is 0 Å². The molecule has 22 aromatic rings. The van der Waals surface area contributed by atoms with Crippen molar-refractivity contribution in [1.82, 2.24) is 33.2 Å². The first kappa shape index (κ1) is 66.1. The van der Waals surface area contributed by atoms with Crippen molar-refractivity contribution in [3.8, 4) is 80.2 Å². The van der Waals surface area contributed by atoms with E-state index >= 15 is 0 Å². The van der Waals surface area contributed by atoms with E-state index in [1.807, 2.05) is 164 Å². The van der Waals surface area contributed by atoms with Gasteiger partial charge in [-0.2, -0.15) is 10.5 Å². The van der Waals surface area contributed by atoms with Gasteiger partial charge < -0.3 is 28.3 Å². The van der Waals surface area contributed by atoms with Crippen molar-refractivity contribution in [1.29, 1.82) is 10.5 Å². The average Bonchev–Trinajstić information content (AvgIpc) is 1.57. The van der Waals surface area contributed by atoms with Crippen LogP contribution in [0.5, 0.6) is 0 Å². The van der Waals surface area contributed by atoms with Gasteiger partial charge in [0.15, 0.2) is 28.8 Å². The second kappa shape index (κ2) is 26.3. The average molecular weight is 1480 g/mol. The molecule has 7 heterocycles. The van der Waals surface area contributed by atoms with Crippen LogP contribution >= 0.6 is 22.7 Å². The number of aromatic nitrogens is 7. The van der Waals surface area contributed by atoms with Crippen molar-refractivity contribution in [2.75, 3.05) is 0 Å². The van der Waals surface area contributed by atoms with E-state index in [2.05, 4.69) is 192 Å². The summed E-state index contributed by atoms with van der Waals surface area (Å²) in [6.07, 6.45) is 0. The van der Waals surface area contributed by atoms with Gasteiger partial charge in [-0.1, -0.05) is 188 Å². The fourth-order valence-electron chi connectivity index (χ4n) is 16.8. The summed E-state index contributed by atoms with van der Waals surface area (Å²) in [6.45, 7) is 15.3. The molecule has 0 atom stereocenters. The van der Waals surface area contributed by atoms with E-state index in [0.29, 0.717) is 45.4 Å². The molecule has 0 aliphatic rings. The highest BCUT2D eigenvalue weighted by Crippen LogP contribution is 2.49. The molecule has 0 saturated carbocycles. The number of fused-ring (bicyclic) bond motifs is 18. The fourth-order valence-corrected chi connectivity index (χ4v) is 19.4. The van der Waals surface area contributed by atoms with Gasteiger partial charge in [0, 0.05) is 102 Å². The Kier molecular flexibility index (Phi) is 15.4. The summed E-state index contributed by atoms with van der Waals surface area (Å²) >= 11 is 3.35. The fraction of sp³-hybridized carbons (Fsp3) is 0. The van der Waals surface area contributed by atoms with E-state index in [0.717, 1.165) is 178 Å². The molecule has 22 rings (SSSR count). The monoisotopic (exact) mass is 1480 g/mol. The number of nitrogens with zero attached hydrogens (tertiary/aromatic N) is 11. The van der Waals surface area contributed by atoms with Crippen LogP contribution in [0.3, 0.4) is 0 Å². The predicted octanol–water partition coefficient (Wildman–Crippen LogP) is 23.9. The van der Waals surface area contributed by atoms with Crippen LogP contribution in [0.2, 0.25) is 0 Å². The lowest BCUT2D eigenvalue weighted by atomic mass is 9.79. The van der Waals surface area contributed by atoms with Crippen molar-refractivity contribution >= 4 is 174 Å². The van der Waals surface area contributed by atoms with Gasteiger partial charge in [-0.3, -0.25) is 0 Å². The minimum absolute atomic E-state index is 0.433. The maximum Gasteiger partial charge on any atom is 0.489 e. The van der Waals surface area contributed by atoms with Gasteiger partial charge in [-0.05, 0) is 144 Å². The summed E-state index contributed by atoms with van der Waals surface area (Å²) in [5.41, 5.74) is 19.7. The van der Waals surface area contributed by atoms with E-state index in [4.69, 9.17) is 28.1 Å². The minimum atomic E-state index is -1.68. The molecule has 524 valence electrons. The molecule has 0 aliphatic carbocycles. The Bertz CT molecular complexity index is 7940. The van der Waals surface area contributed by atoms with Gasteiger partial charge >= 0.3 is 7.12 Å². The molecule has 16 heteroatoms. The van der Waals surface area contributed by atoms with Gasteiger partial charge in [0.1, 0.15) is 0 Å². The molecule has 0 bridgehead atoms. The largest absolute Gasteiger partial charge is 0.489 e. The molecule has 113 heavy (non-hydrogen) atoms. The van der Waals surface area contributed by atoms with Crippen LogP contribution in [-0.2, 0) is 0 Å². The molecule has 13 nitrogen and oxygen atoms in total. The maximum absolute atomic E-state index is 10.7. The molecule has 0 amide bonds. The number of para-hydroxylation sites is 4. The first-order valence-corrected chi connectivity index (χ1v) is 38.3. The SMILES string of the molecule is [C-]#[N+]c1ccc2c(c1)c1ccccc1n2-c1cccc2c1sc1c(-c3cccc(-c4nc(-c5ccccc5)nc(-c5ccccc5)n4)c3)cc(-n3c4ccccc4c4cc(C#N)ccc43)cc12.[C-]#[N+]c1ccc2c(c1)c1ccccc1n2-c1cccc2c1sc1c(B(O)O)cc(-n3c4ccccc4c4cc(C#N)ccc43)cc12. The third-order valence-corrected chi connectivity index (χ3v) is 24.3. The zero-order valence-electron chi connectivity index (χ0n) is 59.7. The number of hydrogen-bond donors (Lipinski definition) is 2. The number of thiophene rings is 2. The Labute approximate surface area is 653 Å². The summed E-state index contributed by atoms with van der Waals surface area (Å²) in [4.78, 5) is 22.6. The molecule has 0 radical (unpaired) electrons. The first-order valence-electron chi connectivity index (χ1n) is 36.7. The summed E-state index contributed by atoms with van der Waals surface area (Å²) in [5, 5.41) is 53.6. The Morgan fingerprint density at radius 2 is 0.664 bits per heavy atom. The van der Waals surface area contributed by atoms with Gasteiger partial charge in [-0.15, -0.1) is 22.7 Å². The van der Waals surface area contributed by atoms with E-state index in [1.165, 1.54) is 0 Å². The quantitative estimate of drug-likeness (QED) is 0.108. The molecule has 0 unspecified atom stereocenters. The highest BCUT2D eigenvalue weighted by Gasteiger charge is 2.27. The van der Waals surface area contributed by atoms with E-state index in [9.17, 15) is 20.6 Å². The highest BCUT2D eigenvalue weighted by molar-refractivity contribution is 7.27. The Hall–Kier alpha value is -15.1. The van der Waals surface area contributed by atoms with E-state index < -0.39 is 7.12 Å². The summed E-state index contributed by atoms with van der Waals surface area (Å²) in [7, 11) is -1.68. The zero-order valence-corrected chi connectivity index (χ0v) is 61.4. The van der Waals surface area contributed by atoms with Gasteiger partial charge in [0.05, 0.1) is 101 Å². The number of nitriles is 2. The van der Waals surface area contributed by atoms with Crippen LogP contribution in [0.15, 0.2) is 315 Å². The van der Waals surface area contributed by atoms with Crippen LogP contribution < -0.4 is 5.46 Å². The normalized spacial score (nSPS) is 11.6. The third kappa shape index (κ3) is 10.6. The van der Waals surface area contributed by atoms with Crippen LogP contribution in [0.4, 0.5) is 11.4 Å². The topological polar surface area (TPSA) is 155 Å². The predicted molar refractivity (Wildman–Crippen MR) is 463 cm³/mol. The lowest BCUT2D eigenvalue weighted by molar-refractivity contribution is 0.426. The molecule has 0 fully saturated rings. The second-order valence-corrected chi connectivity index (χ2v) is 30.1. The maximum atomic E-state index is 10.7. The van der Waals surface area contributed by atoms with Gasteiger partial charge in [-0.25, -0.2) is 24.6 Å². The summed E-state index contributed by atoms with van der Waals surface area (Å²) < 4.78 is 13.2. The molecule has 0 spiro atoms. The lowest BCUT2D eigenvalue weighted by Crippen LogP contribution is -2.30. The van der Waals surface area contributed by atoms with Crippen LogP contribution in [0.25, 0.3) is 205 Å². The zero-order chi connectivity index (χ0) is 75.7. The Morgan fingerprint density at radius 1 is 0.301 bits per heavy atom. The van der Waals surface area contributed by atoms with Crippen molar-refractivity contribution in [3.05, 3.63) is 349 Å². The highest BCUT2D eigenvalue weighted by atomic mass is 32.1. The lowest BCUT2D eigenvalue weighted by Gasteiger charge is -2.13. The van der Waals surface area contributed by atoms with Gasteiger partial charge in [0.25, 0.3) is 0 Å². The molecule has 2 N–H and O–H groups in total. The molecule has 0 aliphatic heterocycles. The van der Waals surface area contributed by atoms with Crippen LogP contribution in [0, 0.1) is 35.8 Å². The number of benzene rings is 15. The summed E-state index contributed by atoms with van der Waals surface area (Å²) in [5.74, 6) is 1.80. The Morgan fingerprint density at radius 3 is 1.13 bits per heavy atom. The smallest absolute Gasteiger partial charge is 0.423 e. The van der Waals surface area contributed by atoms with Gasteiger partial charge in [0.2, 0.25) is 0 Å². The number of rotatable bonds is 9. The molecular weight excluding hydrogens is 1430 g/mol. The molecule has 7 aromatic heterocycles. The van der Waals surface area contributed by atoms with Crippen LogP contribution in [0.1, 0.15) is 11.1 Å². The molecule has 15 aromatic carbocycles. The van der Waals surface area contributed by atoms with E-state index in [1.54, 1.807) is 22.7 Å². The van der Waals surface area contributed by atoms with Crippen molar-refractivity contribution < 1.29 is 10.0 Å². The third-order valence-electron chi connectivity index (χ3n) is 21.7. The first-order chi connectivity index (χ1) is 55.7. The molecular formula is C97H54BN11O2S2. The molecule has 0 saturated heterocycles.